The van der Waals surface area contributed by atoms with Crippen LogP contribution in [0.5, 0.6) is 0 Å². The molecule has 0 heterocycles. The van der Waals surface area contributed by atoms with Crippen molar-refractivity contribution in [2.24, 2.45) is 0 Å². The van der Waals surface area contributed by atoms with Gasteiger partial charge in [0.25, 0.3) is 0 Å². The maximum absolute atomic E-state index is 5.85. The summed E-state index contributed by atoms with van der Waals surface area (Å²) in [6.07, 6.45) is 0. The Balaban J connectivity index is 3.96. The molecule has 0 saturated heterocycles. The van der Waals surface area contributed by atoms with Crippen molar-refractivity contribution in [2.45, 2.75) is 13.8 Å². The van der Waals surface area contributed by atoms with Crippen LogP contribution in [-0.4, -0.2) is 32.9 Å². The molecule has 0 fully saturated rings. The molecule has 0 radical (unpaired) electrons. The number of hydrogen-bond donors (Lipinski definition) is 0. The van der Waals surface area contributed by atoms with Gasteiger partial charge in [0.05, 0.1) is 0 Å². The number of nitrogens with zero attached hydrogens (tertiary/aromatic N) is 1. The average molecular weight is 253 g/mol. The van der Waals surface area contributed by atoms with Crippen LogP contribution in [0, 0.1) is 0 Å². The zero-order valence-corrected chi connectivity index (χ0v) is 9.59. The van der Waals surface area contributed by atoms with Crippen molar-refractivity contribution >= 4 is 41.9 Å². The summed E-state index contributed by atoms with van der Waals surface area (Å²) in [5, 5.41) is 0. The molecule has 0 aliphatic heterocycles. The fourth-order valence-corrected chi connectivity index (χ4v) is 3.95. The van der Waals surface area contributed by atoms with E-state index in [9.17, 15) is 0 Å². The first-order chi connectivity index (χ1) is 4.02. The number of hydrogen-bond acceptors (Lipinski definition) is 1. The van der Waals surface area contributed by atoms with Crippen LogP contribution in [-0.2, 0) is 0 Å². The third kappa shape index (κ3) is 4.03. The predicted octanol–water partition coefficient (Wildman–Crippen LogP) is 2.65. The Morgan fingerprint density at radius 2 is 1.67 bits per heavy atom. The molecule has 0 amide bonds. The van der Waals surface area contributed by atoms with Gasteiger partial charge in [0.15, 0.2) is 0 Å². The Bertz CT molecular complexity index is 120. The van der Waals surface area contributed by atoms with Crippen LogP contribution < -0.4 is 0 Å². The van der Waals surface area contributed by atoms with Gasteiger partial charge in [-0.25, -0.2) is 0 Å². The van der Waals surface area contributed by atoms with E-state index in [1.807, 2.05) is 18.5 Å². The molecule has 0 unspecified atom stereocenters. The van der Waals surface area contributed by atoms with E-state index in [1.165, 1.54) is 0 Å². The van der Waals surface area contributed by atoms with E-state index in [2.05, 4.69) is 15.1 Å². The van der Waals surface area contributed by atoms with Crippen LogP contribution in [0.3, 0.4) is 0 Å². The maximum atomic E-state index is 5.85. The molecule has 56 valence electrons. The average Bonchev–Trinajstić information content (AvgIpc) is 1.65. The summed E-state index contributed by atoms with van der Waals surface area (Å²) in [6, 6.07) is 0. The van der Waals surface area contributed by atoms with Crippen LogP contribution in [0.25, 0.3) is 0 Å². The Morgan fingerprint density at radius 1 is 1.33 bits per heavy atom. The van der Waals surface area contributed by atoms with Crippen molar-refractivity contribution < 1.29 is 0 Å². The normalized spacial score (nSPS) is 12.6. The monoisotopic (exact) mass is 253 g/mol. The Morgan fingerprint density at radius 3 is 1.67 bits per heavy atom. The molecule has 0 aliphatic rings. The first-order valence-electron chi connectivity index (χ1n) is 2.77. The van der Waals surface area contributed by atoms with Crippen LogP contribution in [0.2, 0.25) is 0 Å². The molecule has 5 heteroatoms. The van der Waals surface area contributed by atoms with Gasteiger partial charge >= 0.3 is 73.6 Å². The summed E-state index contributed by atoms with van der Waals surface area (Å²) < 4.78 is 0.151. The summed E-state index contributed by atoms with van der Waals surface area (Å²) in [5.74, 6) is 0. The molecular formula is C4H10Cl2NPSe. The SMILES string of the molecule is CCN(CC)P(Cl)(Cl)=[Se]. The van der Waals surface area contributed by atoms with Gasteiger partial charge in [0, 0.05) is 0 Å². The van der Waals surface area contributed by atoms with E-state index >= 15 is 0 Å². The molecular weight excluding hydrogens is 243 g/mol. The van der Waals surface area contributed by atoms with E-state index in [0.717, 1.165) is 13.1 Å². The molecule has 0 saturated carbocycles. The topological polar surface area (TPSA) is 3.24 Å². The molecule has 0 atom stereocenters. The van der Waals surface area contributed by atoms with Crippen LogP contribution in [0.1, 0.15) is 13.8 Å². The molecule has 0 rings (SSSR count). The molecule has 0 aromatic rings. The Hall–Kier alpha value is 1.49. The Kier molecular flexibility index (Phi) is 5.11. The number of rotatable bonds is 3. The van der Waals surface area contributed by atoms with E-state index in [4.69, 9.17) is 22.5 Å². The van der Waals surface area contributed by atoms with Crippen molar-refractivity contribution in [1.29, 1.82) is 0 Å². The van der Waals surface area contributed by atoms with E-state index in [-0.39, 0.29) is 0 Å². The quantitative estimate of drug-likeness (QED) is 0.552. The van der Waals surface area contributed by atoms with Gasteiger partial charge in [-0.05, 0) is 0 Å². The first-order valence-corrected chi connectivity index (χ1v) is 8.54. The van der Waals surface area contributed by atoms with Gasteiger partial charge in [-0.2, -0.15) is 0 Å². The first kappa shape index (κ1) is 10.5. The molecule has 0 N–H and O–H groups in total. The minimum absolute atomic E-state index is 0.907. The zero-order chi connectivity index (χ0) is 7.49. The van der Waals surface area contributed by atoms with Crippen molar-refractivity contribution in [1.82, 2.24) is 4.67 Å². The summed E-state index contributed by atoms with van der Waals surface area (Å²) in [7, 11) is 0. The molecule has 9 heavy (non-hydrogen) atoms. The van der Waals surface area contributed by atoms with Gasteiger partial charge in [-0.1, -0.05) is 0 Å². The second-order valence-electron chi connectivity index (χ2n) is 1.57. The van der Waals surface area contributed by atoms with Gasteiger partial charge in [0.1, 0.15) is 0 Å². The van der Waals surface area contributed by atoms with Gasteiger partial charge in [0.2, 0.25) is 0 Å². The minimum atomic E-state index is -1.87. The molecule has 0 spiro atoms. The fourth-order valence-electron chi connectivity index (χ4n) is 0.553. The molecule has 0 aromatic carbocycles. The molecule has 0 bridgehead atoms. The molecule has 1 nitrogen and oxygen atoms in total. The zero-order valence-electron chi connectivity index (χ0n) is 5.47. The van der Waals surface area contributed by atoms with Crippen molar-refractivity contribution in [3.8, 4) is 0 Å². The predicted molar refractivity (Wildman–Crippen MR) is 47.3 cm³/mol. The standard InChI is InChI=1S/C4H10Cl2NPSe/c1-3-7(4-2)8(5,6)9/h3-4H2,1-2H3. The summed E-state index contributed by atoms with van der Waals surface area (Å²) in [5.41, 5.74) is 0. The van der Waals surface area contributed by atoms with E-state index in [0.29, 0.717) is 0 Å². The Labute approximate surface area is 73.6 Å². The summed E-state index contributed by atoms with van der Waals surface area (Å²) in [6.45, 7) is 5.90. The molecule has 0 aliphatic carbocycles. The fraction of sp³-hybridized carbons (Fsp3) is 1.00. The van der Waals surface area contributed by atoms with E-state index in [1.54, 1.807) is 0 Å². The summed E-state index contributed by atoms with van der Waals surface area (Å²) >= 11 is 14.5. The third-order valence-corrected chi connectivity index (χ3v) is 5.02. The van der Waals surface area contributed by atoms with Crippen LogP contribution in [0.4, 0.5) is 0 Å². The van der Waals surface area contributed by atoms with Gasteiger partial charge < -0.3 is 0 Å². The number of halogens is 2. The second-order valence-corrected chi connectivity index (χ2v) is 12.5. The summed E-state index contributed by atoms with van der Waals surface area (Å²) in [4.78, 5) is 0. The second kappa shape index (κ2) is 4.38. The van der Waals surface area contributed by atoms with Crippen molar-refractivity contribution in [3.05, 3.63) is 0 Å². The third-order valence-electron chi connectivity index (χ3n) is 1.06. The van der Waals surface area contributed by atoms with Crippen LogP contribution >= 0.6 is 26.8 Å². The van der Waals surface area contributed by atoms with E-state index < -0.39 is 4.36 Å². The molecule has 0 aromatic heterocycles. The van der Waals surface area contributed by atoms with Gasteiger partial charge in [-0.15, -0.1) is 0 Å². The van der Waals surface area contributed by atoms with Crippen molar-refractivity contribution in [2.75, 3.05) is 13.1 Å². The van der Waals surface area contributed by atoms with Crippen molar-refractivity contribution in [3.63, 3.8) is 0 Å². The van der Waals surface area contributed by atoms with Gasteiger partial charge in [-0.3, -0.25) is 0 Å². The van der Waals surface area contributed by atoms with Crippen LogP contribution in [0.15, 0.2) is 0 Å².